The molecule has 2 aliphatic rings. The monoisotopic (exact) mass is 268 g/mol. The second-order valence-corrected chi connectivity index (χ2v) is 5.92. The average Bonchev–Trinajstić information content (AvgIpc) is 3.12. The quantitative estimate of drug-likeness (QED) is 0.497. The van der Waals surface area contributed by atoms with Gasteiger partial charge in [-0.15, -0.1) is 0 Å². The van der Waals surface area contributed by atoms with E-state index in [1.54, 1.807) is 6.26 Å². The Morgan fingerprint density at radius 2 is 1.89 bits per heavy atom. The largest absolute Gasteiger partial charge is 0.499 e. The Morgan fingerprint density at radius 1 is 1.26 bits per heavy atom. The van der Waals surface area contributed by atoms with Crippen LogP contribution in [0.15, 0.2) is 12.8 Å². The van der Waals surface area contributed by atoms with Crippen LogP contribution in [-0.2, 0) is 14.2 Å². The zero-order valence-electron chi connectivity index (χ0n) is 12.3. The van der Waals surface area contributed by atoms with Crippen molar-refractivity contribution in [1.82, 2.24) is 0 Å². The van der Waals surface area contributed by atoms with Crippen LogP contribution in [0.1, 0.15) is 52.4 Å². The Morgan fingerprint density at radius 3 is 2.42 bits per heavy atom. The summed E-state index contributed by atoms with van der Waals surface area (Å²) in [4.78, 5) is 0. The van der Waals surface area contributed by atoms with Crippen LogP contribution in [0.4, 0.5) is 0 Å². The van der Waals surface area contributed by atoms with Gasteiger partial charge >= 0.3 is 0 Å². The summed E-state index contributed by atoms with van der Waals surface area (Å²) in [5.74, 6) is 0.650. The van der Waals surface area contributed by atoms with Crippen molar-refractivity contribution in [1.29, 1.82) is 0 Å². The molecule has 3 nitrogen and oxygen atoms in total. The molecule has 2 fully saturated rings. The van der Waals surface area contributed by atoms with Crippen molar-refractivity contribution in [3.8, 4) is 0 Å². The van der Waals surface area contributed by atoms with Crippen LogP contribution in [0, 0.1) is 5.92 Å². The predicted octanol–water partition coefficient (Wildman–Crippen LogP) is 3.68. The third kappa shape index (κ3) is 4.81. The van der Waals surface area contributed by atoms with Gasteiger partial charge in [-0.3, -0.25) is 0 Å². The Bertz CT molecular complexity index is 271. The number of hydrogen-bond acceptors (Lipinski definition) is 3. The smallest absolute Gasteiger partial charge is 0.0980 e. The highest BCUT2D eigenvalue weighted by atomic mass is 16.6. The normalized spacial score (nSPS) is 35.7. The van der Waals surface area contributed by atoms with Gasteiger partial charge in [0, 0.05) is 6.61 Å². The summed E-state index contributed by atoms with van der Waals surface area (Å²) in [6.45, 7) is 8.91. The Balaban J connectivity index is 1.60. The standard InChI is InChI=1S/C16H28O3/c1-4-13(10-16-12(3)19-16)11-18-15-8-6-14(7-9-15)17-5-2/h5,12-16H,2,4,6-11H2,1,3H3. The molecule has 1 aliphatic carbocycles. The van der Waals surface area contributed by atoms with E-state index in [-0.39, 0.29) is 0 Å². The highest BCUT2D eigenvalue weighted by Gasteiger charge is 2.35. The molecule has 1 aliphatic heterocycles. The zero-order chi connectivity index (χ0) is 13.7. The molecule has 0 amide bonds. The fraction of sp³-hybridized carbons (Fsp3) is 0.875. The van der Waals surface area contributed by atoms with E-state index in [0.717, 1.165) is 38.7 Å². The van der Waals surface area contributed by atoms with Gasteiger partial charge in [0.2, 0.25) is 0 Å². The van der Waals surface area contributed by atoms with E-state index >= 15 is 0 Å². The second kappa shape index (κ2) is 7.30. The predicted molar refractivity (Wildman–Crippen MR) is 76.0 cm³/mol. The fourth-order valence-electron chi connectivity index (χ4n) is 2.90. The molecule has 1 saturated heterocycles. The summed E-state index contributed by atoms with van der Waals surface area (Å²) in [5, 5.41) is 0. The van der Waals surface area contributed by atoms with Gasteiger partial charge in [-0.1, -0.05) is 19.9 Å². The van der Waals surface area contributed by atoms with E-state index in [0.29, 0.717) is 30.3 Å². The first-order valence-electron chi connectivity index (χ1n) is 7.76. The Hall–Kier alpha value is -0.540. The van der Waals surface area contributed by atoms with Crippen LogP contribution in [0.25, 0.3) is 0 Å². The van der Waals surface area contributed by atoms with Crippen LogP contribution >= 0.6 is 0 Å². The van der Waals surface area contributed by atoms with Crippen LogP contribution in [0.5, 0.6) is 0 Å². The lowest BCUT2D eigenvalue weighted by Gasteiger charge is -2.29. The summed E-state index contributed by atoms with van der Waals surface area (Å²) in [6.07, 6.45) is 10.1. The average molecular weight is 268 g/mol. The van der Waals surface area contributed by atoms with Crippen LogP contribution in [0.3, 0.4) is 0 Å². The van der Waals surface area contributed by atoms with E-state index in [4.69, 9.17) is 14.2 Å². The first-order chi connectivity index (χ1) is 9.22. The molecule has 0 bridgehead atoms. The molecule has 0 aromatic carbocycles. The summed E-state index contributed by atoms with van der Waals surface area (Å²) in [6, 6.07) is 0. The number of hydrogen-bond donors (Lipinski definition) is 0. The Labute approximate surface area is 117 Å². The van der Waals surface area contributed by atoms with Crippen molar-refractivity contribution >= 4 is 0 Å². The molecule has 0 N–H and O–H groups in total. The second-order valence-electron chi connectivity index (χ2n) is 5.92. The number of ether oxygens (including phenoxy) is 3. The van der Waals surface area contributed by atoms with Crippen molar-refractivity contribution in [2.24, 2.45) is 5.92 Å². The lowest BCUT2D eigenvalue weighted by atomic mass is 9.94. The van der Waals surface area contributed by atoms with Gasteiger partial charge in [0.15, 0.2) is 0 Å². The summed E-state index contributed by atoms with van der Waals surface area (Å²) in [5.41, 5.74) is 0. The topological polar surface area (TPSA) is 31.0 Å². The molecular weight excluding hydrogens is 240 g/mol. The van der Waals surface area contributed by atoms with Gasteiger partial charge < -0.3 is 14.2 Å². The van der Waals surface area contributed by atoms with Gasteiger partial charge in [0.25, 0.3) is 0 Å². The summed E-state index contributed by atoms with van der Waals surface area (Å²) >= 11 is 0. The van der Waals surface area contributed by atoms with Crippen LogP contribution in [-0.4, -0.2) is 31.0 Å². The third-order valence-electron chi connectivity index (χ3n) is 4.46. The first kappa shape index (κ1) is 14.9. The van der Waals surface area contributed by atoms with Crippen molar-refractivity contribution in [3.63, 3.8) is 0 Å². The number of epoxide rings is 1. The minimum Gasteiger partial charge on any atom is -0.499 e. The molecule has 0 aromatic heterocycles. The van der Waals surface area contributed by atoms with E-state index in [2.05, 4.69) is 20.4 Å². The molecule has 3 heteroatoms. The van der Waals surface area contributed by atoms with Gasteiger partial charge in [0.1, 0.15) is 0 Å². The fourth-order valence-corrected chi connectivity index (χ4v) is 2.90. The van der Waals surface area contributed by atoms with Gasteiger partial charge in [-0.2, -0.15) is 0 Å². The summed E-state index contributed by atoms with van der Waals surface area (Å²) in [7, 11) is 0. The van der Waals surface area contributed by atoms with Crippen molar-refractivity contribution in [2.45, 2.75) is 76.8 Å². The highest BCUT2D eigenvalue weighted by Crippen LogP contribution is 2.30. The maximum absolute atomic E-state index is 6.09. The number of rotatable bonds is 8. The van der Waals surface area contributed by atoms with E-state index in [1.807, 2.05) is 0 Å². The van der Waals surface area contributed by atoms with Crippen LogP contribution < -0.4 is 0 Å². The van der Waals surface area contributed by atoms with Gasteiger partial charge in [-0.05, 0) is 44.9 Å². The molecule has 1 saturated carbocycles. The maximum Gasteiger partial charge on any atom is 0.0980 e. The van der Waals surface area contributed by atoms with Crippen molar-refractivity contribution in [3.05, 3.63) is 12.8 Å². The van der Waals surface area contributed by atoms with Gasteiger partial charge in [0.05, 0.1) is 30.7 Å². The lowest BCUT2D eigenvalue weighted by Crippen LogP contribution is -2.27. The molecule has 0 aromatic rings. The van der Waals surface area contributed by atoms with Crippen LogP contribution in [0.2, 0.25) is 0 Å². The van der Waals surface area contributed by atoms with E-state index < -0.39 is 0 Å². The van der Waals surface area contributed by atoms with E-state index in [1.165, 1.54) is 6.42 Å². The highest BCUT2D eigenvalue weighted by molar-refractivity contribution is 4.83. The maximum atomic E-state index is 6.09. The first-order valence-corrected chi connectivity index (χ1v) is 7.76. The lowest BCUT2D eigenvalue weighted by molar-refractivity contribution is -0.0225. The summed E-state index contributed by atoms with van der Waals surface area (Å²) < 4.78 is 17.0. The molecule has 3 atom stereocenters. The minimum atomic E-state index is 0.361. The SMILES string of the molecule is C=COC1CCC(OCC(CC)CC2OC2C)CC1. The molecule has 19 heavy (non-hydrogen) atoms. The Kier molecular flexibility index (Phi) is 5.71. The molecule has 0 radical (unpaired) electrons. The molecule has 1 heterocycles. The van der Waals surface area contributed by atoms with E-state index in [9.17, 15) is 0 Å². The molecular formula is C16H28O3. The third-order valence-corrected chi connectivity index (χ3v) is 4.46. The van der Waals surface area contributed by atoms with Crippen molar-refractivity contribution < 1.29 is 14.2 Å². The zero-order valence-corrected chi connectivity index (χ0v) is 12.3. The minimum absolute atomic E-state index is 0.361. The molecule has 3 unspecified atom stereocenters. The molecule has 2 rings (SSSR count). The molecule has 110 valence electrons. The van der Waals surface area contributed by atoms with Crippen molar-refractivity contribution in [2.75, 3.05) is 6.61 Å². The van der Waals surface area contributed by atoms with Gasteiger partial charge in [-0.25, -0.2) is 0 Å². The molecule has 0 spiro atoms.